The first-order valence-electron chi connectivity index (χ1n) is 8.14. The Labute approximate surface area is 147 Å². The summed E-state index contributed by atoms with van der Waals surface area (Å²) >= 11 is 0. The summed E-state index contributed by atoms with van der Waals surface area (Å²) in [5.41, 5.74) is 8.59. The van der Waals surface area contributed by atoms with Gasteiger partial charge in [-0.25, -0.2) is 9.97 Å². The Morgan fingerprint density at radius 2 is 1.92 bits per heavy atom. The van der Waals surface area contributed by atoms with Gasteiger partial charge in [0.1, 0.15) is 22.8 Å². The second-order valence-corrected chi connectivity index (χ2v) is 5.15. The van der Waals surface area contributed by atoms with Gasteiger partial charge in [-0.05, 0) is 12.1 Å². The first-order valence-corrected chi connectivity index (χ1v) is 8.14. The van der Waals surface area contributed by atoms with Gasteiger partial charge in [0.2, 0.25) is 0 Å². The number of aryl methyl sites for hydroxylation is 1. The zero-order valence-corrected chi connectivity index (χ0v) is 15.3. The fourth-order valence-electron chi connectivity index (χ4n) is 2.45. The number of benzene rings is 1. The summed E-state index contributed by atoms with van der Waals surface area (Å²) in [6, 6.07) is 7.50. The number of aromatic nitrogens is 3. The van der Waals surface area contributed by atoms with Crippen molar-refractivity contribution in [2.24, 2.45) is 7.05 Å². The highest BCUT2D eigenvalue weighted by Crippen LogP contribution is 2.27. The molecule has 3 N–H and O–H groups in total. The third kappa shape index (κ3) is 3.93. The number of hydrogen-bond donors (Lipinski definition) is 2. The molecule has 0 amide bonds. The molecule has 2 aromatic heterocycles. The molecule has 1 aromatic carbocycles. The summed E-state index contributed by atoms with van der Waals surface area (Å²) in [5.74, 6) is 2.60. The summed E-state index contributed by atoms with van der Waals surface area (Å²) in [6.07, 6.45) is 1.74. The van der Waals surface area contributed by atoms with Crippen LogP contribution in [0.25, 0.3) is 11.0 Å². The molecule has 7 heteroatoms. The molecule has 0 saturated heterocycles. The molecular weight excluding hydrogens is 318 g/mol. The lowest BCUT2D eigenvalue weighted by molar-refractivity contribution is 0.391. The van der Waals surface area contributed by atoms with Crippen molar-refractivity contribution < 1.29 is 9.47 Å². The van der Waals surface area contributed by atoms with Crippen LogP contribution in [0.4, 0.5) is 11.6 Å². The third-order valence-electron chi connectivity index (χ3n) is 3.67. The van der Waals surface area contributed by atoms with E-state index in [0.717, 1.165) is 28.1 Å². The molecular formula is C18H25N5O2. The predicted octanol–water partition coefficient (Wildman–Crippen LogP) is 3.21. The van der Waals surface area contributed by atoms with E-state index in [1.807, 2.05) is 49.7 Å². The second kappa shape index (κ2) is 8.23. The molecule has 134 valence electrons. The molecule has 2 heterocycles. The van der Waals surface area contributed by atoms with Gasteiger partial charge in [-0.3, -0.25) is 0 Å². The quantitative estimate of drug-likeness (QED) is 0.740. The minimum absolute atomic E-state index is 0.449. The van der Waals surface area contributed by atoms with Crippen molar-refractivity contribution in [3.8, 4) is 11.5 Å². The van der Waals surface area contributed by atoms with Crippen molar-refractivity contribution >= 4 is 22.7 Å². The highest BCUT2D eigenvalue weighted by Gasteiger charge is 2.11. The Hall–Kier alpha value is -2.96. The molecule has 0 spiro atoms. The molecule has 7 nitrogen and oxygen atoms in total. The maximum atomic E-state index is 5.88. The van der Waals surface area contributed by atoms with Crippen molar-refractivity contribution in [3.63, 3.8) is 0 Å². The molecule has 0 radical (unpaired) electrons. The molecule has 3 rings (SSSR count). The van der Waals surface area contributed by atoms with Gasteiger partial charge in [0.05, 0.1) is 26.1 Å². The van der Waals surface area contributed by atoms with Crippen LogP contribution in [-0.4, -0.2) is 28.8 Å². The van der Waals surface area contributed by atoms with Crippen molar-refractivity contribution in [1.82, 2.24) is 14.5 Å². The smallest absolute Gasteiger partial charge is 0.156 e. The summed E-state index contributed by atoms with van der Waals surface area (Å²) in [7, 11) is 5.18. The zero-order chi connectivity index (χ0) is 18.4. The molecule has 0 aliphatic carbocycles. The van der Waals surface area contributed by atoms with Crippen molar-refractivity contribution in [2.45, 2.75) is 20.4 Å². The number of ether oxygens (including phenoxy) is 2. The van der Waals surface area contributed by atoms with Crippen LogP contribution in [0.5, 0.6) is 11.5 Å². The molecule has 0 bridgehead atoms. The van der Waals surface area contributed by atoms with Gasteiger partial charge in [0.25, 0.3) is 0 Å². The Morgan fingerprint density at radius 3 is 2.60 bits per heavy atom. The fraction of sp³-hybridized carbons (Fsp3) is 0.333. The first kappa shape index (κ1) is 18.4. The molecule has 0 aliphatic heterocycles. The molecule has 25 heavy (non-hydrogen) atoms. The average Bonchev–Trinajstić information content (AvgIpc) is 3.02. The molecule has 0 unspecified atom stereocenters. The predicted molar refractivity (Wildman–Crippen MR) is 101 cm³/mol. The van der Waals surface area contributed by atoms with Crippen LogP contribution < -0.4 is 20.5 Å². The van der Waals surface area contributed by atoms with Gasteiger partial charge in [-0.2, -0.15) is 0 Å². The van der Waals surface area contributed by atoms with Crippen LogP contribution in [0.3, 0.4) is 0 Å². The number of nitrogens with two attached hydrogens (primary N) is 1. The number of nitrogen functional groups attached to an aromatic ring is 1. The van der Waals surface area contributed by atoms with Gasteiger partial charge in [0, 0.05) is 31.3 Å². The van der Waals surface area contributed by atoms with Crippen LogP contribution in [0.2, 0.25) is 0 Å². The van der Waals surface area contributed by atoms with Crippen LogP contribution in [0, 0.1) is 0 Å². The van der Waals surface area contributed by atoms with E-state index in [9.17, 15) is 0 Å². The van der Waals surface area contributed by atoms with Crippen LogP contribution in [-0.2, 0) is 13.6 Å². The number of nitrogens with one attached hydrogen (secondary N) is 1. The molecule has 0 fully saturated rings. The van der Waals surface area contributed by atoms with E-state index in [4.69, 9.17) is 15.2 Å². The minimum Gasteiger partial charge on any atom is -0.497 e. The molecule has 3 aromatic rings. The Kier molecular flexibility index (Phi) is 6.05. The number of imidazole rings is 1. The summed E-state index contributed by atoms with van der Waals surface area (Å²) in [4.78, 5) is 8.72. The maximum absolute atomic E-state index is 5.88. The van der Waals surface area contributed by atoms with Crippen molar-refractivity contribution in [1.29, 1.82) is 0 Å². The summed E-state index contributed by atoms with van der Waals surface area (Å²) in [6.45, 7) is 4.54. The van der Waals surface area contributed by atoms with Gasteiger partial charge in [0.15, 0.2) is 5.82 Å². The Morgan fingerprint density at radius 1 is 1.16 bits per heavy atom. The number of methoxy groups -OCH3 is 2. The van der Waals surface area contributed by atoms with E-state index in [-0.39, 0.29) is 0 Å². The Bertz CT molecular complexity index is 845. The number of pyridine rings is 1. The van der Waals surface area contributed by atoms with E-state index in [1.54, 1.807) is 20.5 Å². The van der Waals surface area contributed by atoms with Crippen LogP contribution >= 0.6 is 0 Å². The topological polar surface area (TPSA) is 87.2 Å². The largest absolute Gasteiger partial charge is 0.497 e. The normalized spacial score (nSPS) is 10.1. The van der Waals surface area contributed by atoms with E-state index in [2.05, 4.69) is 15.3 Å². The van der Waals surface area contributed by atoms with Gasteiger partial charge < -0.3 is 25.1 Å². The van der Waals surface area contributed by atoms with Crippen molar-refractivity contribution in [3.05, 3.63) is 36.2 Å². The van der Waals surface area contributed by atoms with Gasteiger partial charge in [-0.15, -0.1) is 0 Å². The van der Waals surface area contributed by atoms with E-state index in [0.29, 0.717) is 18.2 Å². The maximum Gasteiger partial charge on any atom is 0.156 e. The SMILES string of the molecule is CC.COc1ccc(CNc2nc(N)cc3c2ncn3C)c(OC)c1. The molecule has 0 atom stereocenters. The van der Waals surface area contributed by atoms with E-state index in [1.165, 1.54) is 0 Å². The number of nitrogens with zero attached hydrogens (tertiary/aromatic N) is 3. The number of fused-ring (bicyclic) bond motifs is 1. The number of anilines is 2. The fourth-order valence-corrected chi connectivity index (χ4v) is 2.45. The van der Waals surface area contributed by atoms with Crippen LogP contribution in [0.15, 0.2) is 30.6 Å². The van der Waals surface area contributed by atoms with Gasteiger partial charge >= 0.3 is 0 Å². The monoisotopic (exact) mass is 343 g/mol. The van der Waals surface area contributed by atoms with E-state index < -0.39 is 0 Å². The summed E-state index contributed by atoms with van der Waals surface area (Å²) in [5, 5.41) is 3.28. The zero-order valence-electron chi connectivity index (χ0n) is 15.3. The highest BCUT2D eigenvalue weighted by atomic mass is 16.5. The lowest BCUT2D eigenvalue weighted by Crippen LogP contribution is -2.05. The average molecular weight is 343 g/mol. The summed E-state index contributed by atoms with van der Waals surface area (Å²) < 4.78 is 12.5. The molecule has 0 aliphatic rings. The molecule has 0 saturated carbocycles. The second-order valence-electron chi connectivity index (χ2n) is 5.15. The standard InChI is InChI=1S/C16H19N5O2.C2H6/c1-21-9-19-15-12(21)7-14(17)20-16(15)18-8-10-4-5-11(22-2)6-13(10)23-3;1-2/h4-7,9H,8H2,1-3H3,(H3,17,18,20);1-2H3. The number of rotatable bonds is 5. The van der Waals surface area contributed by atoms with Crippen molar-refractivity contribution in [2.75, 3.05) is 25.3 Å². The third-order valence-corrected chi connectivity index (χ3v) is 3.67. The first-order chi connectivity index (χ1) is 12.1. The lowest BCUT2D eigenvalue weighted by Gasteiger charge is -2.12. The lowest BCUT2D eigenvalue weighted by atomic mass is 10.2. The Balaban J connectivity index is 0.00000109. The highest BCUT2D eigenvalue weighted by molar-refractivity contribution is 5.88. The number of hydrogen-bond acceptors (Lipinski definition) is 6. The minimum atomic E-state index is 0.449. The van der Waals surface area contributed by atoms with E-state index >= 15 is 0 Å². The van der Waals surface area contributed by atoms with Crippen LogP contribution in [0.1, 0.15) is 19.4 Å². The van der Waals surface area contributed by atoms with Gasteiger partial charge in [-0.1, -0.05) is 13.8 Å².